The number of halogens is 1. The molecule has 1 aliphatic rings. The largest absolute Gasteiger partial charge is 0.493 e. The van der Waals surface area contributed by atoms with Gasteiger partial charge < -0.3 is 10.5 Å². The van der Waals surface area contributed by atoms with Gasteiger partial charge in [-0.2, -0.15) is 0 Å². The number of fused-ring (bicyclic) bond motifs is 1. The second-order valence-corrected chi connectivity index (χ2v) is 6.03. The Hall–Kier alpha value is -0.730. The molecule has 1 aromatic rings. The Balaban J connectivity index is 2.28. The molecule has 0 fully saturated rings. The highest BCUT2D eigenvalue weighted by atomic mass is 35.5. The van der Waals surface area contributed by atoms with Gasteiger partial charge in [0.2, 0.25) is 0 Å². The second-order valence-electron chi connectivity index (χ2n) is 5.59. The Kier molecular flexibility index (Phi) is 4.18. The van der Waals surface area contributed by atoms with Crippen molar-refractivity contribution in [3.8, 4) is 5.75 Å². The van der Waals surface area contributed by atoms with E-state index in [-0.39, 0.29) is 5.41 Å². The summed E-state index contributed by atoms with van der Waals surface area (Å²) in [5.74, 6) is 1.05. The highest BCUT2D eigenvalue weighted by molar-refractivity contribution is 6.30. The first kappa shape index (κ1) is 13.7. The Morgan fingerprint density at radius 2 is 2.22 bits per heavy atom. The van der Waals surface area contributed by atoms with Crippen LogP contribution in [0, 0.1) is 5.41 Å². The van der Waals surface area contributed by atoms with Gasteiger partial charge >= 0.3 is 0 Å². The molecule has 1 unspecified atom stereocenters. The van der Waals surface area contributed by atoms with Crippen LogP contribution in [-0.4, -0.2) is 13.2 Å². The van der Waals surface area contributed by atoms with Crippen LogP contribution in [0.15, 0.2) is 12.1 Å². The van der Waals surface area contributed by atoms with Crippen molar-refractivity contribution >= 4 is 11.6 Å². The van der Waals surface area contributed by atoms with Crippen LogP contribution in [0.25, 0.3) is 0 Å². The van der Waals surface area contributed by atoms with E-state index in [9.17, 15) is 0 Å². The van der Waals surface area contributed by atoms with Crippen molar-refractivity contribution < 1.29 is 4.74 Å². The van der Waals surface area contributed by atoms with Gasteiger partial charge in [-0.05, 0) is 48.1 Å². The maximum absolute atomic E-state index is 6.19. The minimum atomic E-state index is 0.138. The van der Waals surface area contributed by atoms with Crippen molar-refractivity contribution in [2.75, 3.05) is 13.2 Å². The third-order valence-electron chi connectivity index (χ3n) is 3.79. The maximum atomic E-state index is 6.19. The quantitative estimate of drug-likeness (QED) is 0.885. The standard InChI is InChI=1S/C15H22ClNO/c1-3-5-15(2,10-17)9-12-8-13(16)7-11-4-6-18-14(11)12/h7-8H,3-6,9-10,17H2,1-2H3. The summed E-state index contributed by atoms with van der Waals surface area (Å²) in [6.45, 7) is 5.92. The Morgan fingerprint density at radius 3 is 2.89 bits per heavy atom. The minimum absolute atomic E-state index is 0.138. The molecule has 3 heteroatoms. The van der Waals surface area contributed by atoms with E-state index in [2.05, 4.69) is 13.8 Å². The number of benzene rings is 1. The number of rotatable bonds is 5. The normalized spacial score (nSPS) is 17.1. The lowest BCUT2D eigenvalue weighted by Gasteiger charge is -2.28. The van der Waals surface area contributed by atoms with Gasteiger partial charge in [-0.25, -0.2) is 0 Å². The van der Waals surface area contributed by atoms with E-state index in [4.69, 9.17) is 22.1 Å². The van der Waals surface area contributed by atoms with Crippen LogP contribution < -0.4 is 10.5 Å². The van der Waals surface area contributed by atoms with Crippen molar-refractivity contribution in [1.29, 1.82) is 0 Å². The van der Waals surface area contributed by atoms with Gasteiger partial charge in [-0.15, -0.1) is 0 Å². The van der Waals surface area contributed by atoms with Crippen molar-refractivity contribution in [3.05, 3.63) is 28.3 Å². The molecule has 0 bridgehead atoms. The average molecular weight is 268 g/mol. The van der Waals surface area contributed by atoms with Gasteiger partial charge in [0.15, 0.2) is 0 Å². The number of hydrogen-bond acceptors (Lipinski definition) is 2. The first-order chi connectivity index (χ1) is 8.58. The predicted octanol–water partition coefficient (Wildman–Crippen LogP) is 3.58. The Labute approximate surface area is 114 Å². The van der Waals surface area contributed by atoms with E-state index in [0.29, 0.717) is 6.54 Å². The minimum Gasteiger partial charge on any atom is -0.493 e. The van der Waals surface area contributed by atoms with Crippen LogP contribution in [-0.2, 0) is 12.8 Å². The molecule has 1 aromatic carbocycles. The predicted molar refractivity (Wildman–Crippen MR) is 76.4 cm³/mol. The summed E-state index contributed by atoms with van der Waals surface area (Å²) in [7, 11) is 0. The van der Waals surface area contributed by atoms with E-state index < -0.39 is 0 Å². The lowest BCUT2D eigenvalue weighted by atomic mass is 9.79. The molecule has 0 amide bonds. The third kappa shape index (κ3) is 2.81. The van der Waals surface area contributed by atoms with Gasteiger partial charge in [0.05, 0.1) is 6.61 Å². The summed E-state index contributed by atoms with van der Waals surface area (Å²) in [5.41, 5.74) is 8.55. The van der Waals surface area contributed by atoms with Gasteiger partial charge in [0, 0.05) is 11.4 Å². The van der Waals surface area contributed by atoms with Crippen LogP contribution in [0.1, 0.15) is 37.8 Å². The van der Waals surface area contributed by atoms with Gasteiger partial charge in [-0.1, -0.05) is 31.9 Å². The molecule has 2 N–H and O–H groups in total. The SMILES string of the molecule is CCCC(C)(CN)Cc1cc(Cl)cc2c1OCC2. The Morgan fingerprint density at radius 1 is 1.44 bits per heavy atom. The van der Waals surface area contributed by atoms with Gasteiger partial charge in [0.25, 0.3) is 0 Å². The number of nitrogens with two attached hydrogens (primary N) is 1. The van der Waals surface area contributed by atoms with Crippen molar-refractivity contribution in [3.63, 3.8) is 0 Å². The van der Waals surface area contributed by atoms with Gasteiger partial charge in [-0.3, -0.25) is 0 Å². The van der Waals surface area contributed by atoms with E-state index in [0.717, 1.165) is 43.1 Å². The molecule has 100 valence electrons. The zero-order valence-corrected chi connectivity index (χ0v) is 12.0. The second kappa shape index (κ2) is 5.50. The number of ether oxygens (including phenoxy) is 1. The smallest absolute Gasteiger partial charge is 0.125 e. The highest BCUT2D eigenvalue weighted by Crippen LogP contribution is 2.37. The van der Waals surface area contributed by atoms with E-state index >= 15 is 0 Å². The fraction of sp³-hybridized carbons (Fsp3) is 0.600. The van der Waals surface area contributed by atoms with Crippen molar-refractivity contribution in [2.24, 2.45) is 11.1 Å². The first-order valence-electron chi connectivity index (χ1n) is 6.72. The van der Waals surface area contributed by atoms with Crippen LogP contribution >= 0.6 is 11.6 Å². The van der Waals surface area contributed by atoms with Crippen LogP contribution in [0.5, 0.6) is 5.75 Å². The molecule has 2 rings (SSSR count). The molecule has 0 spiro atoms. The first-order valence-corrected chi connectivity index (χ1v) is 7.10. The molecular formula is C15H22ClNO. The topological polar surface area (TPSA) is 35.2 Å². The molecular weight excluding hydrogens is 246 g/mol. The molecule has 0 aromatic heterocycles. The molecule has 0 saturated carbocycles. The summed E-state index contributed by atoms with van der Waals surface area (Å²) < 4.78 is 5.75. The van der Waals surface area contributed by atoms with E-state index in [1.54, 1.807) is 0 Å². The van der Waals surface area contributed by atoms with E-state index in [1.165, 1.54) is 11.1 Å². The molecule has 1 heterocycles. The summed E-state index contributed by atoms with van der Waals surface area (Å²) in [4.78, 5) is 0. The molecule has 2 nitrogen and oxygen atoms in total. The third-order valence-corrected chi connectivity index (χ3v) is 4.01. The molecule has 18 heavy (non-hydrogen) atoms. The lowest BCUT2D eigenvalue weighted by molar-refractivity contribution is 0.293. The molecule has 0 radical (unpaired) electrons. The lowest BCUT2D eigenvalue weighted by Crippen LogP contribution is -2.29. The number of hydrogen-bond donors (Lipinski definition) is 1. The molecule has 0 saturated heterocycles. The van der Waals surface area contributed by atoms with Crippen LogP contribution in [0.2, 0.25) is 5.02 Å². The van der Waals surface area contributed by atoms with Crippen LogP contribution in [0.4, 0.5) is 0 Å². The summed E-state index contributed by atoms with van der Waals surface area (Å²) in [6, 6.07) is 4.06. The highest BCUT2D eigenvalue weighted by Gasteiger charge is 2.26. The van der Waals surface area contributed by atoms with Crippen molar-refractivity contribution in [1.82, 2.24) is 0 Å². The summed E-state index contributed by atoms with van der Waals surface area (Å²) in [5, 5.41) is 0.810. The maximum Gasteiger partial charge on any atom is 0.125 e. The zero-order valence-electron chi connectivity index (χ0n) is 11.3. The fourth-order valence-electron chi connectivity index (χ4n) is 2.80. The molecule has 1 atom stereocenters. The molecule has 0 aliphatic carbocycles. The fourth-order valence-corrected chi connectivity index (χ4v) is 3.07. The average Bonchev–Trinajstić information content (AvgIpc) is 2.77. The Bertz CT molecular complexity index is 433. The van der Waals surface area contributed by atoms with Gasteiger partial charge in [0.1, 0.15) is 5.75 Å². The molecule has 1 aliphatic heterocycles. The summed E-state index contributed by atoms with van der Waals surface area (Å²) >= 11 is 6.19. The van der Waals surface area contributed by atoms with Crippen molar-refractivity contribution in [2.45, 2.75) is 39.5 Å². The zero-order chi connectivity index (χ0) is 13.2. The summed E-state index contributed by atoms with van der Waals surface area (Å²) in [6.07, 6.45) is 4.19. The van der Waals surface area contributed by atoms with E-state index in [1.807, 2.05) is 12.1 Å². The monoisotopic (exact) mass is 267 g/mol. The van der Waals surface area contributed by atoms with Crippen LogP contribution in [0.3, 0.4) is 0 Å².